The Labute approximate surface area is 156 Å². The predicted molar refractivity (Wildman–Crippen MR) is 91.4 cm³/mol. The van der Waals surface area contributed by atoms with Crippen LogP contribution in [0, 0.1) is 0 Å². The largest absolute Gasteiger partial charge is 0.481 e. The molecule has 28 heavy (non-hydrogen) atoms. The summed E-state index contributed by atoms with van der Waals surface area (Å²) in [6.07, 6.45) is -5.77. The first-order chi connectivity index (χ1) is 13.0. The minimum atomic E-state index is -4.62. The Balaban J connectivity index is 2.57. The molecule has 0 amide bonds. The van der Waals surface area contributed by atoms with Crippen molar-refractivity contribution in [3.8, 4) is 0 Å². The summed E-state index contributed by atoms with van der Waals surface area (Å²) < 4.78 is 78.0. The number of halogens is 6. The molecule has 2 nitrogen and oxygen atoms in total. The van der Waals surface area contributed by atoms with Crippen molar-refractivity contribution in [1.29, 1.82) is 0 Å². The smallest absolute Gasteiger partial charge is 0.416 e. The molecule has 0 bridgehead atoms. The van der Waals surface area contributed by atoms with Crippen molar-refractivity contribution in [3.63, 3.8) is 0 Å². The van der Waals surface area contributed by atoms with E-state index in [0.717, 1.165) is 36.4 Å². The first-order valence-corrected chi connectivity index (χ1v) is 7.92. The van der Waals surface area contributed by atoms with E-state index in [1.165, 1.54) is 30.4 Å². The van der Waals surface area contributed by atoms with Crippen LogP contribution >= 0.6 is 0 Å². The normalized spacial score (nSPS) is 12.2. The van der Waals surface area contributed by atoms with Gasteiger partial charge in [-0.25, -0.2) is 0 Å². The van der Waals surface area contributed by atoms with Crippen molar-refractivity contribution < 1.29 is 36.2 Å². The molecule has 0 aliphatic heterocycles. The van der Waals surface area contributed by atoms with Gasteiger partial charge in [-0.05, 0) is 41.0 Å². The zero-order valence-electron chi connectivity index (χ0n) is 14.2. The van der Waals surface area contributed by atoms with Gasteiger partial charge in [0.2, 0.25) is 0 Å². The van der Waals surface area contributed by atoms with E-state index in [-0.39, 0.29) is 23.1 Å². The zero-order chi connectivity index (χ0) is 20.9. The molecule has 0 unspecified atom stereocenters. The van der Waals surface area contributed by atoms with Gasteiger partial charge in [0.1, 0.15) is 0 Å². The SMILES string of the molecule is O=C(O)C/C=C/C=C(c1cccc(C(F)(F)F)c1)c1cccc(C(F)(F)F)c1. The van der Waals surface area contributed by atoms with Crippen LogP contribution in [0.1, 0.15) is 28.7 Å². The minimum Gasteiger partial charge on any atom is -0.481 e. The highest BCUT2D eigenvalue weighted by Gasteiger charge is 2.32. The number of hydrogen-bond donors (Lipinski definition) is 1. The molecule has 0 spiro atoms. The number of carbonyl (C=O) groups is 1. The van der Waals surface area contributed by atoms with Crippen molar-refractivity contribution in [3.05, 3.63) is 89.0 Å². The predicted octanol–water partition coefficient (Wildman–Crippen LogP) is 6.19. The maximum absolute atomic E-state index is 13.0. The molecule has 0 aliphatic rings. The number of hydrogen-bond acceptors (Lipinski definition) is 1. The van der Waals surface area contributed by atoms with E-state index < -0.39 is 29.4 Å². The average Bonchev–Trinajstić information content (AvgIpc) is 2.60. The second-order valence-electron chi connectivity index (χ2n) is 5.76. The zero-order valence-corrected chi connectivity index (χ0v) is 14.2. The second kappa shape index (κ2) is 8.33. The van der Waals surface area contributed by atoms with Gasteiger partial charge < -0.3 is 5.11 Å². The van der Waals surface area contributed by atoms with Crippen LogP contribution < -0.4 is 0 Å². The van der Waals surface area contributed by atoms with Gasteiger partial charge in [-0.3, -0.25) is 4.79 Å². The van der Waals surface area contributed by atoms with Crippen LogP contribution in [-0.4, -0.2) is 11.1 Å². The molecule has 2 rings (SSSR count). The molecule has 0 saturated carbocycles. The van der Waals surface area contributed by atoms with Gasteiger partial charge in [0.05, 0.1) is 17.5 Å². The third-order valence-corrected chi connectivity index (χ3v) is 3.69. The highest BCUT2D eigenvalue weighted by Crippen LogP contribution is 2.35. The van der Waals surface area contributed by atoms with E-state index in [1.807, 2.05) is 0 Å². The van der Waals surface area contributed by atoms with Crippen LogP contribution in [0.3, 0.4) is 0 Å². The molecule has 2 aromatic carbocycles. The second-order valence-corrected chi connectivity index (χ2v) is 5.76. The molecular formula is C20H14F6O2. The minimum absolute atomic E-state index is 0.0501. The van der Waals surface area contributed by atoms with Crippen LogP contribution in [0.15, 0.2) is 66.8 Å². The number of alkyl halides is 6. The van der Waals surface area contributed by atoms with Crippen LogP contribution in [0.4, 0.5) is 26.3 Å². The Morgan fingerprint density at radius 1 is 0.857 bits per heavy atom. The number of benzene rings is 2. The topological polar surface area (TPSA) is 37.3 Å². The maximum atomic E-state index is 13.0. The molecule has 0 saturated heterocycles. The Morgan fingerprint density at radius 2 is 1.32 bits per heavy atom. The molecule has 0 heterocycles. The summed E-state index contributed by atoms with van der Waals surface area (Å²) in [4.78, 5) is 10.6. The lowest BCUT2D eigenvalue weighted by Crippen LogP contribution is -2.06. The quantitative estimate of drug-likeness (QED) is 0.480. The van der Waals surface area contributed by atoms with Crippen molar-refractivity contribution in [2.75, 3.05) is 0 Å². The van der Waals surface area contributed by atoms with E-state index in [2.05, 4.69) is 0 Å². The molecule has 148 valence electrons. The molecule has 0 atom stereocenters. The van der Waals surface area contributed by atoms with Gasteiger partial charge in [-0.15, -0.1) is 0 Å². The number of allylic oxidation sites excluding steroid dienone is 2. The molecule has 0 aromatic heterocycles. The van der Waals surface area contributed by atoms with Crippen LogP contribution in [0.25, 0.3) is 5.57 Å². The fourth-order valence-electron chi connectivity index (χ4n) is 2.42. The molecule has 8 heteroatoms. The third-order valence-electron chi connectivity index (χ3n) is 3.69. The van der Waals surface area contributed by atoms with Gasteiger partial charge in [-0.2, -0.15) is 26.3 Å². The summed E-state index contributed by atoms with van der Waals surface area (Å²) in [6.45, 7) is 0. The number of rotatable bonds is 5. The molecule has 0 radical (unpaired) electrons. The van der Waals surface area contributed by atoms with Crippen molar-refractivity contribution >= 4 is 11.5 Å². The summed E-state index contributed by atoms with van der Waals surface area (Å²) in [5.41, 5.74) is -1.70. The number of carboxylic acids is 1. The Bertz CT molecular complexity index is 848. The van der Waals surface area contributed by atoms with Crippen LogP contribution in [-0.2, 0) is 17.1 Å². The first-order valence-electron chi connectivity index (χ1n) is 7.92. The van der Waals surface area contributed by atoms with E-state index in [0.29, 0.717) is 0 Å². The standard InChI is InChI=1S/C20H14F6O2/c21-19(22,23)15-7-3-5-13(11-15)17(9-1-2-10-18(27)28)14-6-4-8-16(12-14)20(24,25)26/h1-9,11-12H,10H2,(H,27,28)/b2-1+. The molecule has 2 aromatic rings. The summed E-state index contributed by atoms with van der Waals surface area (Å²) in [7, 11) is 0. The highest BCUT2D eigenvalue weighted by atomic mass is 19.4. The lowest BCUT2D eigenvalue weighted by molar-refractivity contribution is -0.138. The van der Waals surface area contributed by atoms with Crippen molar-refractivity contribution in [2.45, 2.75) is 18.8 Å². The van der Waals surface area contributed by atoms with Crippen LogP contribution in [0.5, 0.6) is 0 Å². The molecule has 0 fully saturated rings. The Morgan fingerprint density at radius 3 is 1.71 bits per heavy atom. The lowest BCUT2D eigenvalue weighted by atomic mass is 9.94. The molecular weight excluding hydrogens is 386 g/mol. The number of aliphatic carboxylic acids is 1. The Hall–Kier alpha value is -3.03. The highest BCUT2D eigenvalue weighted by molar-refractivity contribution is 5.81. The molecule has 0 aliphatic carbocycles. The maximum Gasteiger partial charge on any atom is 0.416 e. The van der Waals surface area contributed by atoms with Gasteiger partial charge >= 0.3 is 18.3 Å². The van der Waals surface area contributed by atoms with Gasteiger partial charge in [0.25, 0.3) is 0 Å². The first kappa shape index (κ1) is 21.3. The van der Waals surface area contributed by atoms with E-state index >= 15 is 0 Å². The average molecular weight is 400 g/mol. The van der Waals surface area contributed by atoms with Crippen molar-refractivity contribution in [2.24, 2.45) is 0 Å². The van der Waals surface area contributed by atoms with Gasteiger partial charge in [0, 0.05) is 0 Å². The third kappa shape index (κ3) is 5.73. The van der Waals surface area contributed by atoms with E-state index in [4.69, 9.17) is 5.11 Å². The summed E-state index contributed by atoms with van der Waals surface area (Å²) in [5.74, 6) is -1.12. The fourth-order valence-corrected chi connectivity index (χ4v) is 2.42. The summed E-state index contributed by atoms with van der Waals surface area (Å²) in [6, 6.07) is 8.36. The van der Waals surface area contributed by atoms with Crippen LogP contribution in [0.2, 0.25) is 0 Å². The molecule has 1 N–H and O–H groups in total. The fraction of sp³-hybridized carbons (Fsp3) is 0.150. The summed E-state index contributed by atoms with van der Waals surface area (Å²) in [5, 5.41) is 8.64. The lowest BCUT2D eigenvalue weighted by Gasteiger charge is -2.14. The van der Waals surface area contributed by atoms with Gasteiger partial charge in [0.15, 0.2) is 0 Å². The van der Waals surface area contributed by atoms with E-state index in [1.54, 1.807) is 0 Å². The Kier molecular flexibility index (Phi) is 6.33. The van der Waals surface area contributed by atoms with E-state index in [9.17, 15) is 31.1 Å². The summed E-state index contributed by atoms with van der Waals surface area (Å²) >= 11 is 0. The van der Waals surface area contributed by atoms with Gasteiger partial charge in [-0.1, -0.05) is 42.5 Å². The number of carboxylic acid groups (broad SMARTS) is 1. The van der Waals surface area contributed by atoms with Crippen molar-refractivity contribution in [1.82, 2.24) is 0 Å². The monoisotopic (exact) mass is 400 g/mol.